The molecule has 1 atom stereocenters. The van der Waals surface area contributed by atoms with Crippen LogP contribution in [0.15, 0.2) is 23.9 Å². The van der Waals surface area contributed by atoms with Crippen molar-refractivity contribution in [2.75, 3.05) is 0 Å². The van der Waals surface area contributed by atoms with Crippen LogP contribution in [-0.4, -0.2) is 15.6 Å². The normalized spacial score (nSPS) is 17.3. The molecule has 0 amide bonds. The SMILES string of the molecule is CCC(C)n1ccc(CC(=O)C=C2CCCCC2)n1. The molecule has 0 spiro atoms. The van der Waals surface area contributed by atoms with Crippen LogP contribution in [0.3, 0.4) is 0 Å². The largest absolute Gasteiger partial charge is 0.294 e. The van der Waals surface area contributed by atoms with Crippen molar-refractivity contribution in [2.24, 2.45) is 0 Å². The van der Waals surface area contributed by atoms with E-state index in [1.54, 1.807) is 0 Å². The molecule has 1 aromatic rings. The highest BCUT2D eigenvalue weighted by Crippen LogP contribution is 2.22. The number of aromatic nitrogens is 2. The van der Waals surface area contributed by atoms with Gasteiger partial charge in [0.2, 0.25) is 0 Å². The standard InChI is InChI=1S/C16H24N2O/c1-3-13(2)18-10-9-15(17-18)12-16(19)11-14-7-5-4-6-8-14/h9-11,13H,3-8,12H2,1-2H3. The number of ketones is 1. The molecule has 3 nitrogen and oxygen atoms in total. The van der Waals surface area contributed by atoms with E-state index in [4.69, 9.17) is 0 Å². The molecule has 1 heterocycles. The van der Waals surface area contributed by atoms with Crippen molar-refractivity contribution in [1.82, 2.24) is 9.78 Å². The second-order valence-electron chi connectivity index (χ2n) is 5.55. The fourth-order valence-electron chi connectivity index (χ4n) is 2.51. The minimum Gasteiger partial charge on any atom is -0.294 e. The summed E-state index contributed by atoms with van der Waals surface area (Å²) in [6.07, 6.45) is 11.3. The predicted molar refractivity (Wildman–Crippen MR) is 77.1 cm³/mol. The van der Waals surface area contributed by atoms with Gasteiger partial charge in [-0.05, 0) is 51.2 Å². The van der Waals surface area contributed by atoms with Gasteiger partial charge in [0.1, 0.15) is 0 Å². The summed E-state index contributed by atoms with van der Waals surface area (Å²) in [4.78, 5) is 12.0. The number of hydrogen-bond acceptors (Lipinski definition) is 2. The van der Waals surface area contributed by atoms with Crippen molar-refractivity contribution in [1.29, 1.82) is 0 Å². The van der Waals surface area contributed by atoms with Gasteiger partial charge in [-0.15, -0.1) is 0 Å². The average Bonchev–Trinajstić information content (AvgIpc) is 2.87. The topological polar surface area (TPSA) is 34.9 Å². The van der Waals surface area contributed by atoms with Gasteiger partial charge in [-0.2, -0.15) is 5.10 Å². The number of nitrogens with zero attached hydrogens (tertiary/aromatic N) is 2. The molecule has 0 aromatic carbocycles. The zero-order valence-corrected chi connectivity index (χ0v) is 12.1. The maximum Gasteiger partial charge on any atom is 0.161 e. The molecule has 0 radical (unpaired) electrons. The van der Waals surface area contributed by atoms with Crippen molar-refractivity contribution in [2.45, 2.75) is 64.8 Å². The Hall–Kier alpha value is -1.38. The van der Waals surface area contributed by atoms with E-state index in [2.05, 4.69) is 18.9 Å². The molecule has 1 aliphatic carbocycles. The van der Waals surface area contributed by atoms with E-state index in [0.717, 1.165) is 25.0 Å². The van der Waals surface area contributed by atoms with Crippen LogP contribution in [0.2, 0.25) is 0 Å². The van der Waals surface area contributed by atoms with Crippen LogP contribution < -0.4 is 0 Å². The molecule has 19 heavy (non-hydrogen) atoms. The molecule has 0 bridgehead atoms. The second-order valence-corrected chi connectivity index (χ2v) is 5.55. The van der Waals surface area contributed by atoms with Gasteiger partial charge in [-0.3, -0.25) is 9.48 Å². The molecule has 3 heteroatoms. The van der Waals surface area contributed by atoms with Gasteiger partial charge in [0.25, 0.3) is 0 Å². The Morgan fingerprint density at radius 3 is 2.84 bits per heavy atom. The van der Waals surface area contributed by atoms with E-state index < -0.39 is 0 Å². The number of hydrogen-bond donors (Lipinski definition) is 0. The highest BCUT2D eigenvalue weighted by atomic mass is 16.1. The van der Waals surface area contributed by atoms with E-state index in [-0.39, 0.29) is 5.78 Å². The van der Waals surface area contributed by atoms with Gasteiger partial charge < -0.3 is 0 Å². The Labute approximate surface area is 115 Å². The number of rotatable bonds is 5. The summed E-state index contributed by atoms with van der Waals surface area (Å²) in [7, 11) is 0. The number of allylic oxidation sites excluding steroid dienone is 2. The van der Waals surface area contributed by atoms with Gasteiger partial charge in [-0.1, -0.05) is 18.9 Å². The molecular weight excluding hydrogens is 236 g/mol. The summed E-state index contributed by atoms with van der Waals surface area (Å²) in [6.45, 7) is 4.28. The molecule has 0 N–H and O–H groups in total. The lowest BCUT2D eigenvalue weighted by Crippen LogP contribution is -2.07. The molecule has 1 aliphatic rings. The molecular formula is C16H24N2O. The van der Waals surface area contributed by atoms with Crippen LogP contribution in [0.4, 0.5) is 0 Å². The van der Waals surface area contributed by atoms with E-state index in [9.17, 15) is 4.79 Å². The molecule has 1 saturated carbocycles. The molecule has 0 saturated heterocycles. The minimum atomic E-state index is 0.200. The third kappa shape index (κ3) is 4.05. The van der Waals surface area contributed by atoms with Crippen molar-refractivity contribution < 1.29 is 4.79 Å². The first-order valence-electron chi connectivity index (χ1n) is 7.45. The zero-order chi connectivity index (χ0) is 13.7. The Balaban J connectivity index is 1.93. The zero-order valence-electron chi connectivity index (χ0n) is 12.1. The third-order valence-electron chi connectivity index (χ3n) is 3.92. The highest BCUT2D eigenvalue weighted by Gasteiger charge is 2.10. The quantitative estimate of drug-likeness (QED) is 0.754. The smallest absolute Gasteiger partial charge is 0.161 e. The van der Waals surface area contributed by atoms with E-state index >= 15 is 0 Å². The van der Waals surface area contributed by atoms with Crippen LogP contribution in [0, 0.1) is 0 Å². The van der Waals surface area contributed by atoms with Crippen LogP contribution in [0.1, 0.15) is 64.1 Å². The van der Waals surface area contributed by atoms with Gasteiger partial charge >= 0.3 is 0 Å². The summed E-state index contributed by atoms with van der Waals surface area (Å²) >= 11 is 0. The summed E-state index contributed by atoms with van der Waals surface area (Å²) in [5.74, 6) is 0.200. The first-order chi connectivity index (χ1) is 9.19. The van der Waals surface area contributed by atoms with Crippen LogP contribution in [0.25, 0.3) is 0 Å². The Kier molecular flexibility index (Phi) is 4.94. The van der Waals surface area contributed by atoms with Crippen molar-refractivity contribution in [3.63, 3.8) is 0 Å². The lowest BCUT2D eigenvalue weighted by molar-refractivity contribution is -0.114. The van der Waals surface area contributed by atoms with Gasteiger partial charge in [0.05, 0.1) is 12.1 Å². The minimum absolute atomic E-state index is 0.200. The monoisotopic (exact) mass is 260 g/mol. The van der Waals surface area contributed by atoms with Gasteiger partial charge in [0, 0.05) is 12.2 Å². The summed E-state index contributed by atoms with van der Waals surface area (Å²) in [5, 5.41) is 4.48. The molecule has 1 aromatic heterocycles. The van der Waals surface area contributed by atoms with E-state index in [1.165, 1.54) is 24.8 Å². The Bertz CT molecular complexity index is 451. The third-order valence-corrected chi connectivity index (χ3v) is 3.92. The van der Waals surface area contributed by atoms with Crippen molar-refractivity contribution in [3.8, 4) is 0 Å². The van der Waals surface area contributed by atoms with Crippen LogP contribution in [0.5, 0.6) is 0 Å². The molecule has 1 fully saturated rings. The maximum absolute atomic E-state index is 12.0. The summed E-state index contributed by atoms with van der Waals surface area (Å²) < 4.78 is 1.95. The molecule has 1 unspecified atom stereocenters. The van der Waals surface area contributed by atoms with E-state index in [1.807, 2.05) is 23.0 Å². The summed E-state index contributed by atoms with van der Waals surface area (Å²) in [5.41, 5.74) is 2.22. The second kappa shape index (κ2) is 6.69. The molecule has 2 rings (SSSR count). The number of carbonyl (C=O) groups excluding carboxylic acids is 1. The predicted octanol–water partition coefficient (Wildman–Crippen LogP) is 3.86. The highest BCUT2D eigenvalue weighted by molar-refractivity contribution is 5.91. The van der Waals surface area contributed by atoms with Crippen molar-refractivity contribution >= 4 is 5.78 Å². The fraction of sp³-hybridized carbons (Fsp3) is 0.625. The van der Waals surface area contributed by atoms with Crippen molar-refractivity contribution in [3.05, 3.63) is 29.6 Å². The lowest BCUT2D eigenvalue weighted by Gasteiger charge is -2.12. The molecule has 104 valence electrons. The maximum atomic E-state index is 12.0. The lowest BCUT2D eigenvalue weighted by atomic mass is 9.93. The van der Waals surface area contributed by atoms with E-state index in [0.29, 0.717) is 12.5 Å². The molecule has 0 aliphatic heterocycles. The number of carbonyl (C=O) groups is 1. The van der Waals surface area contributed by atoms with Crippen LogP contribution in [-0.2, 0) is 11.2 Å². The average molecular weight is 260 g/mol. The fourth-order valence-corrected chi connectivity index (χ4v) is 2.51. The van der Waals surface area contributed by atoms with Crippen LogP contribution >= 0.6 is 0 Å². The van der Waals surface area contributed by atoms with Gasteiger partial charge in [0.15, 0.2) is 5.78 Å². The Morgan fingerprint density at radius 2 is 2.16 bits per heavy atom. The first kappa shape index (κ1) is 14.0. The Morgan fingerprint density at radius 1 is 1.42 bits per heavy atom. The first-order valence-corrected chi connectivity index (χ1v) is 7.45. The van der Waals surface area contributed by atoms with Gasteiger partial charge in [-0.25, -0.2) is 0 Å². The summed E-state index contributed by atoms with van der Waals surface area (Å²) in [6, 6.07) is 2.37.